The lowest BCUT2D eigenvalue weighted by Gasteiger charge is -2.13. The molecule has 118 valence electrons. The van der Waals surface area contributed by atoms with Crippen LogP contribution in [-0.4, -0.2) is 22.5 Å². The standard InChI is InChI=1S/C18H17FN2O2/c19-15-7-3-1-6-14(15)17(22)11-21-18(23)9-12-10-20-16-8-4-2-5-13(12)16/h1-8,10,17,20,22H,9,11H2,(H,21,23). The minimum atomic E-state index is -1.07. The lowest BCUT2D eigenvalue weighted by molar-refractivity contribution is -0.120. The molecule has 0 saturated heterocycles. The molecule has 23 heavy (non-hydrogen) atoms. The molecule has 4 nitrogen and oxygen atoms in total. The summed E-state index contributed by atoms with van der Waals surface area (Å²) >= 11 is 0. The van der Waals surface area contributed by atoms with Gasteiger partial charge in [-0.05, 0) is 17.7 Å². The van der Waals surface area contributed by atoms with Crippen molar-refractivity contribution in [1.29, 1.82) is 0 Å². The summed E-state index contributed by atoms with van der Waals surface area (Å²) in [5, 5.41) is 13.6. The Morgan fingerprint density at radius 3 is 2.74 bits per heavy atom. The van der Waals surface area contributed by atoms with E-state index < -0.39 is 11.9 Å². The average molecular weight is 312 g/mol. The summed E-state index contributed by atoms with van der Waals surface area (Å²) in [6, 6.07) is 13.7. The summed E-state index contributed by atoms with van der Waals surface area (Å²) < 4.78 is 13.6. The summed E-state index contributed by atoms with van der Waals surface area (Å²) in [6.45, 7) is -0.0257. The van der Waals surface area contributed by atoms with Crippen LogP contribution in [0.25, 0.3) is 10.9 Å². The number of hydrogen-bond acceptors (Lipinski definition) is 2. The highest BCUT2D eigenvalue weighted by Gasteiger charge is 2.14. The minimum absolute atomic E-state index is 0.0257. The van der Waals surface area contributed by atoms with Crippen LogP contribution in [-0.2, 0) is 11.2 Å². The van der Waals surface area contributed by atoms with Crippen LogP contribution < -0.4 is 5.32 Å². The van der Waals surface area contributed by atoms with Crippen molar-refractivity contribution in [3.8, 4) is 0 Å². The van der Waals surface area contributed by atoms with E-state index in [0.29, 0.717) is 0 Å². The van der Waals surface area contributed by atoms with Crippen molar-refractivity contribution < 1.29 is 14.3 Å². The first-order valence-electron chi connectivity index (χ1n) is 7.39. The minimum Gasteiger partial charge on any atom is -0.386 e. The number of aromatic nitrogens is 1. The van der Waals surface area contributed by atoms with Gasteiger partial charge in [-0.25, -0.2) is 4.39 Å². The predicted octanol–water partition coefficient (Wildman–Crippen LogP) is 2.70. The van der Waals surface area contributed by atoms with E-state index in [0.717, 1.165) is 16.5 Å². The van der Waals surface area contributed by atoms with Gasteiger partial charge >= 0.3 is 0 Å². The highest BCUT2D eigenvalue weighted by molar-refractivity contribution is 5.88. The largest absolute Gasteiger partial charge is 0.386 e. The second-order valence-corrected chi connectivity index (χ2v) is 5.38. The first-order valence-corrected chi connectivity index (χ1v) is 7.39. The molecule has 0 radical (unpaired) electrons. The monoisotopic (exact) mass is 312 g/mol. The normalized spacial score (nSPS) is 12.3. The lowest BCUT2D eigenvalue weighted by atomic mass is 10.1. The zero-order valence-corrected chi connectivity index (χ0v) is 12.4. The molecular weight excluding hydrogens is 295 g/mol. The molecule has 0 bridgehead atoms. The fraction of sp³-hybridized carbons (Fsp3) is 0.167. The Labute approximate surface area is 133 Å². The number of aliphatic hydroxyl groups excluding tert-OH is 1. The van der Waals surface area contributed by atoms with E-state index in [1.807, 2.05) is 24.3 Å². The number of hydrogen-bond donors (Lipinski definition) is 3. The Bertz CT molecular complexity index is 829. The average Bonchev–Trinajstić information content (AvgIpc) is 2.96. The molecule has 0 fully saturated rings. The number of rotatable bonds is 5. The van der Waals surface area contributed by atoms with E-state index in [2.05, 4.69) is 10.3 Å². The molecule has 5 heteroatoms. The van der Waals surface area contributed by atoms with E-state index in [9.17, 15) is 14.3 Å². The Hall–Kier alpha value is -2.66. The molecule has 0 spiro atoms. The summed E-state index contributed by atoms with van der Waals surface area (Å²) in [5.41, 5.74) is 2.04. The van der Waals surface area contributed by atoms with Gasteiger partial charge in [0.15, 0.2) is 0 Å². The van der Waals surface area contributed by atoms with Gasteiger partial charge in [-0.15, -0.1) is 0 Å². The number of aliphatic hydroxyl groups is 1. The number of amides is 1. The number of halogens is 1. The zero-order valence-electron chi connectivity index (χ0n) is 12.4. The molecule has 2 aromatic carbocycles. The lowest BCUT2D eigenvalue weighted by Crippen LogP contribution is -2.29. The number of nitrogens with one attached hydrogen (secondary N) is 2. The molecule has 1 unspecified atom stereocenters. The zero-order chi connectivity index (χ0) is 16.2. The molecule has 1 atom stereocenters. The fourth-order valence-corrected chi connectivity index (χ4v) is 2.58. The fourth-order valence-electron chi connectivity index (χ4n) is 2.58. The highest BCUT2D eigenvalue weighted by atomic mass is 19.1. The molecule has 1 aromatic heterocycles. The summed E-state index contributed by atoms with van der Waals surface area (Å²) in [7, 11) is 0. The van der Waals surface area contributed by atoms with Crippen molar-refractivity contribution >= 4 is 16.8 Å². The maximum Gasteiger partial charge on any atom is 0.224 e. The van der Waals surface area contributed by atoms with Gasteiger partial charge in [0, 0.05) is 29.2 Å². The van der Waals surface area contributed by atoms with E-state index in [1.54, 1.807) is 18.3 Å². The van der Waals surface area contributed by atoms with Gasteiger partial charge in [0.1, 0.15) is 5.82 Å². The highest BCUT2D eigenvalue weighted by Crippen LogP contribution is 2.18. The van der Waals surface area contributed by atoms with Gasteiger partial charge in [-0.3, -0.25) is 4.79 Å². The van der Waals surface area contributed by atoms with Crippen molar-refractivity contribution in [3.05, 3.63) is 71.7 Å². The number of aromatic amines is 1. The van der Waals surface area contributed by atoms with E-state index >= 15 is 0 Å². The Kier molecular flexibility index (Phi) is 4.39. The van der Waals surface area contributed by atoms with Crippen LogP contribution in [0.3, 0.4) is 0 Å². The summed E-state index contributed by atoms with van der Waals surface area (Å²) in [4.78, 5) is 15.2. The number of para-hydroxylation sites is 1. The van der Waals surface area contributed by atoms with Gasteiger partial charge in [-0.2, -0.15) is 0 Å². The SMILES string of the molecule is O=C(Cc1c[nH]c2ccccc12)NCC(O)c1ccccc1F. The number of carbonyl (C=O) groups excluding carboxylic acids is 1. The smallest absolute Gasteiger partial charge is 0.224 e. The van der Waals surface area contributed by atoms with E-state index in [4.69, 9.17) is 0 Å². The van der Waals surface area contributed by atoms with Crippen molar-refractivity contribution in [2.24, 2.45) is 0 Å². The molecule has 0 aliphatic rings. The molecule has 1 amide bonds. The van der Waals surface area contributed by atoms with Crippen LogP contribution in [0.1, 0.15) is 17.2 Å². The topological polar surface area (TPSA) is 65.1 Å². The number of fused-ring (bicyclic) bond motifs is 1. The van der Waals surface area contributed by atoms with E-state index in [1.165, 1.54) is 12.1 Å². The van der Waals surface area contributed by atoms with Crippen molar-refractivity contribution in [2.75, 3.05) is 6.54 Å². The third kappa shape index (κ3) is 3.40. The van der Waals surface area contributed by atoms with Gasteiger partial charge in [0.2, 0.25) is 5.91 Å². The second-order valence-electron chi connectivity index (χ2n) is 5.38. The van der Waals surface area contributed by atoms with Crippen molar-refractivity contribution in [2.45, 2.75) is 12.5 Å². The van der Waals surface area contributed by atoms with Crippen LogP contribution in [0.4, 0.5) is 4.39 Å². The number of benzene rings is 2. The molecule has 0 saturated carbocycles. The second kappa shape index (κ2) is 6.62. The number of carbonyl (C=O) groups is 1. The maximum atomic E-state index is 13.6. The first kappa shape index (κ1) is 15.2. The molecule has 1 heterocycles. The van der Waals surface area contributed by atoms with Gasteiger partial charge < -0.3 is 15.4 Å². The van der Waals surface area contributed by atoms with Crippen LogP contribution in [0.2, 0.25) is 0 Å². The van der Waals surface area contributed by atoms with E-state index in [-0.39, 0.29) is 24.4 Å². The molecule has 3 N–H and O–H groups in total. The molecule has 0 aliphatic heterocycles. The maximum absolute atomic E-state index is 13.6. The summed E-state index contributed by atoms with van der Waals surface area (Å²) in [6.07, 6.45) is 0.939. The van der Waals surface area contributed by atoms with Crippen LogP contribution in [0, 0.1) is 5.82 Å². The number of H-pyrrole nitrogens is 1. The van der Waals surface area contributed by atoms with Crippen LogP contribution >= 0.6 is 0 Å². The third-order valence-corrected chi connectivity index (χ3v) is 3.78. The quantitative estimate of drug-likeness (QED) is 0.678. The summed E-state index contributed by atoms with van der Waals surface area (Å²) in [5.74, 6) is -0.698. The van der Waals surface area contributed by atoms with Crippen LogP contribution in [0.5, 0.6) is 0 Å². The Morgan fingerprint density at radius 2 is 1.91 bits per heavy atom. The third-order valence-electron chi connectivity index (χ3n) is 3.78. The van der Waals surface area contributed by atoms with Gasteiger partial charge in [0.05, 0.1) is 12.5 Å². The predicted molar refractivity (Wildman–Crippen MR) is 86.4 cm³/mol. The van der Waals surface area contributed by atoms with Gasteiger partial charge in [-0.1, -0.05) is 36.4 Å². The molecule has 3 rings (SSSR count). The molecular formula is C18H17FN2O2. The Morgan fingerprint density at radius 1 is 1.17 bits per heavy atom. The van der Waals surface area contributed by atoms with Gasteiger partial charge in [0.25, 0.3) is 0 Å². The molecule has 3 aromatic rings. The first-order chi connectivity index (χ1) is 11.1. The van der Waals surface area contributed by atoms with Crippen molar-refractivity contribution in [1.82, 2.24) is 10.3 Å². The van der Waals surface area contributed by atoms with Crippen LogP contribution in [0.15, 0.2) is 54.7 Å². The Balaban J connectivity index is 1.61. The van der Waals surface area contributed by atoms with Crippen molar-refractivity contribution in [3.63, 3.8) is 0 Å². The molecule has 0 aliphatic carbocycles.